The van der Waals surface area contributed by atoms with Crippen molar-refractivity contribution < 1.29 is 0 Å². The molecule has 0 radical (unpaired) electrons. The third-order valence-electron chi connectivity index (χ3n) is 3.91. The molecule has 0 unspecified atom stereocenters. The van der Waals surface area contributed by atoms with Gasteiger partial charge in [0.25, 0.3) is 0 Å². The molecule has 0 amide bonds. The largest absolute Gasteiger partial charge is 0.305 e. The number of hydrazine groups is 1. The molecule has 4 nitrogen and oxygen atoms in total. The Morgan fingerprint density at radius 2 is 1.42 bits per heavy atom. The van der Waals surface area contributed by atoms with Crippen LogP contribution in [0.4, 0.5) is 11.4 Å². The lowest BCUT2D eigenvalue weighted by Gasteiger charge is -2.31. The lowest BCUT2D eigenvalue weighted by Crippen LogP contribution is -2.31. The maximum absolute atomic E-state index is 4.58. The van der Waals surface area contributed by atoms with Crippen LogP contribution in [0.1, 0.15) is 26.7 Å². The quantitative estimate of drug-likeness (QED) is 0.695. The van der Waals surface area contributed by atoms with E-state index in [4.69, 9.17) is 0 Å². The van der Waals surface area contributed by atoms with Gasteiger partial charge in [-0.25, -0.2) is 0 Å². The zero-order valence-electron chi connectivity index (χ0n) is 14.2. The molecule has 0 heterocycles. The van der Waals surface area contributed by atoms with Gasteiger partial charge in [-0.15, -0.1) is 0 Å². The molecule has 0 saturated heterocycles. The second-order valence-electron chi connectivity index (χ2n) is 6.88. The van der Waals surface area contributed by atoms with E-state index in [1.807, 2.05) is 60.7 Å². The Morgan fingerprint density at radius 3 is 2.08 bits per heavy atom. The predicted octanol–water partition coefficient (Wildman–Crippen LogP) is 4.78. The van der Waals surface area contributed by atoms with Gasteiger partial charge >= 0.3 is 0 Å². The van der Waals surface area contributed by atoms with Crippen molar-refractivity contribution >= 4 is 17.1 Å². The average molecular weight is 320 g/mol. The number of benzene rings is 2. The number of hydrogen-bond acceptors (Lipinski definition) is 4. The molecule has 0 bridgehead atoms. The van der Waals surface area contributed by atoms with Gasteiger partial charge in [-0.1, -0.05) is 50.2 Å². The molecular weight excluding hydrogens is 296 g/mol. The Bertz CT molecular complexity index is 718. The van der Waals surface area contributed by atoms with E-state index in [-0.39, 0.29) is 5.41 Å². The van der Waals surface area contributed by atoms with Crippen molar-refractivity contribution in [1.82, 2.24) is 5.43 Å². The molecule has 24 heavy (non-hydrogen) atoms. The Morgan fingerprint density at radius 1 is 0.792 bits per heavy atom. The number of hydrazone groups is 1. The van der Waals surface area contributed by atoms with Crippen LogP contribution >= 0.6 is 0 Å². The maximum Gasteiger partial charge on any atom is 0.0630 e. The molecule has 4 heteroatoms. The molecule has 1 aliphatic rings. The standard InChI is InChI=1S/C20H24N4/c1-20(2)14-18(23-21-16-9-5-3-6-10-16)13-19(15-20)24-22-17-11-7-4-8-12-17/h3-13,21-23H,14-15H2,1-2H3/b24-19-. The number of hydrogen-bond donors (Lipinski definition) is 3. The van der Waals surface area contributed by atoms with Crippen LogP contribution in [0.2, 0.25) is 0 Å². The molecule has 124 valence electrons. The summed E-state index contributed by atoms with van der Waals surface area (Å²) in [5.74, 6) is 0. The first kappa shape index (κ1) is 16.1. The fraction of sp³-hybridized carbons (Fsp3) is 0.250. The van der Waals surface area contributed by atoms with Crippen LogP contribution in [0.25, 0.3) is 0 Å². The molecule has 1 aliphatic carbocycles. The smallest absolute Gasteiger partial charge is 0.0630 e. The number of para-hydroxylation sites is 2. The zero-order valence-corrected chi connectivity index (χ0v) is 14.2. The van der Waals surface area contributed by atoms with Gasteiger partial charge in [-0.3, -0.25) is 5.43 Å². The normalized spacial score (nSPS) is 17.9. The Kier molecular flexibility index (Phi) is 4.85. The van der Waals surface area contributed by atoms with Crippen LogP contribution in [-0.4, -0.2) is 5.71 Å². The fourth-order valence-electron chi connectivity index (χ4n) is 2.85. The van der Waals surface area contributed by atoms with Crippen molar-refractivity contribution in [3.05, 3.63) is 72.4 Å². The molecule has 3 N–H and O–H groups in total. The maximum atomic E-state index is 4.58. The first-order valence-electron chi connectivity index (χ1n) is 8.26. The van der Waals surface area contributed by atoms with Crippen LogP contribution in [-0.2, 0) is 0 Å². The summed E-state index contributed by atoms with van der Waals surface area (Å²) in [6.07, 6.45) is 4.05. The Balaban J connectivity index is 1.69. The van der Waals surface area contributed by atoms with Gasteiger partial charge in [0.1, 0.15) is 0 Å². The molecule has 0 atom stereocenters. The number of anilines is 2. The Hall–Kier alpha value is -2.75. The van der Waals surface area contributed by atoms with Gasteiger partial charge in [-0.05, 0) is 48.6 Å². The lowest BCUT2D eigenvalue weighted by molar-refractivity contribution is 0.365. The van der Waals surface area contributed by atoms with Crippen LogP contribution in [0.3, 0.4) is 0 Å². The third kappa shape index (κ3) is 4.62. The molecule has 0 aliphatic heterocycles. The fourth-order valence-corrected chi connectivity index (χ4v) is 2.85. The number of nitrogens with one attached hydrogen (secondary N) is 3. The average Bonchev–Trinajstić information content (AvgIpc) is 2.59. The van der Waals surface area contributed by atoms with Gasteiger partial charge < -0.3 is 10.9 Å². The van der Waals surface area contributed by atoms with Gasteiger partial charge in [0.05, 0.1) is 17.1 Å². The van der Waals surface area contributed by atoms with Crippen LogP contribution < -0.4 is 16.3 Å². The third-order valence-corrected chi connectivity index (χ3v) is 3.91. The SMILES string of the molecule is CC1(C)CC(NNc2ccccc2)=C/C(=N/Nc2ccccc2)C1. The van der Waals surface area contributed by atoms with Gasteiger partial charge in [-0.2, -0.15) is 5.10 Å². The Labute approximate surface area is 143 Å². The molecule has 0 aromatic heterocycles. The summed E-state index contributed by atoms with van der Waals surface area (Å²) in [6, 6.07) is 20.1. The second kappa shape index (κ2) is 7.21. The van der Waals surface area contributed by atoms with E-state index in [1.54, 1.807) is 0 Å². The molecule has 0 fully saturated rings. The first-order valence-corrected chi connectivity index (χ1v) is 8.26. The summed E-state index contributed by atoms with van der Waals surface area (Å²) in [5.41, 5.74) is 14.1. The molecule has 2 aromatic carbocycles. The molecule has 0 saturated carbocycles. The van der Waals surface area contributed by atoms with E-state index in [0.29, 0.717) is 0 Å². The van der Waals surface area contributed by atoms with E-state index in [1.165, 1.54) is 0 Å². The molecule has 2 aromatic rings. The second-order valence-corrected chi connectivity index (χ2v) is 6.88. The summed E-state index contributed by atoms with van der Waals surface area (Å²) in [4.78, 5) is 0. The summed E-state index contributed by atoms with van der Waals surface area (Å²) in [5, 5.41) is 4.58. The lowest BCUT2D eigenvalue weighted by atomic mass is 9.78. The van der Waals surface area contributed by atoms with Crippen molar-refractivity contribution in [2.75, 3.05) is 10.9 Å². The van der Waals surface area contributed by atoms with E-state index >= 15 is 0 Å². The number of rotatable bonds is 5. The minimum absolute atomic E-state index is 0.173. The van der Waals surface area contributed by atoms with Crippen molar-refractivity contribution in [3.63, 3.8) is 0 Å². The monoisotopic (exact) mass is 320 g/mol. The molecule has 0 spiro atoms. The van der Waals surface area contributed by atoms with Crippen LogP contribution in [0.5, 0.6) is 0 Å². The highest BCUT2D eigenvalue weighted by atomic mass is 15.4. The van der Waals surface area contributed by atoms with Crippen molar-refractivity contribution in [1.29, 1.82) is 0 Å². The summed E-state index contributed by atoms with van der Waals surface area (Å²) >= 11 is 0. The minimum atomic E-state index is 0.173. The topological polar surface area (TPSA) is 48.5 Å². The minimum Gasteiger partial charge on any atom is -0.305 e. The van der Waals surface area contributed by atoms with E-state index in [0.717, 1.165) is 35.6 Å². The van der Waals surface area contributed by atoms with E-state index in [9.17, 15) is 0 Å². The van der Waals surface area contributed by atoms with Crippen molar-refractivity contribution in [2.24, 2.45) is 10.5 Å². The summed E-state index contributed by atoms with van der Waals surface area (Å²) in [7, 11) is 0. The zero-order chi connectivity index (χ0) is 16.8. The van der Waals surface area contributed by atoms with Crippen LogP contribution in [0.15, 0.2) is 77.5 Å². The van der Waals surface area contributed by atoms with Gasteiger partial charge in [0.15, 0.2) is 0 Å². The molecule has 3 rings (SSSR count). The van der Waals surface area contributed by atoms with Crippen molar-refractivity contribution in [3.8, 4) is 0 Å². The van der Waals surface area contributed by atoms with E-state index in [2.05, 4.69) is 41.3 Å². The number of allylic oxidation sites excluding steroid dienone is 2. The highest BCUT2D eigenvalue weighted by Crippen LogP contribution is 2.33. The van der Waals surface area contributed by atoms with E-state index < -0.39 is 0 Å². The molecular formula is C20H24N4. The highest BCUT2D eigenvalue weighted by molar-refractivity contribution is 5.97. The highest BCUT2D eigenvalue weighted by Gasteiger charge is 2.26. The van der Waals surface area contributed by atoms with Crippen LogP contribution in [0, 0.1) is 5.41 Å². The predicted molar refractivity (Wildman–Crippen MR) is 102 cm³/mol. The van der Waals surface area contributed by atoms with Gasteiger partial charge in [0, 0.05) is 5.70 Å². The summed E-state index contributed by atoms with van der Waals surface area (Å²) < 4.78 is 0. The van der Waals surface area contributed by atoms with Crippen molar-refractivity contribution in [2.45, 2.75) is 26.7 Å². The first-order chi connectivity index (χ1) is 11.6. The summed E-state index contributed by atoms with van der Waals surface area (Å²) in [6.45, 7) is 4.53. The van der Waals surface area contributed by atoms with Gasteiger partial charge in [0.2, 0.25) is 0 Å². The number of nitrogens with zero attached hydrogens (tertiary/aromatic N) is 1.